The Balaban J connectivity index is 1.34. The van der Waals surface area contributed by atoms with E-state index in [1.54, 1.807) is 6.26 Å². The summed E-state index contributed by atoms with van der Waals surface area (Å²) in [5.41, 5.74) is 0. The van der Waals surface area contributed by atoms with Crippen molar-refractivity contribution < 1.29 is 9.21 Å². The van der Waals surface area contributed by atoms with Crippen LogP contribution in [0.4, 0.5) is 0 Å². The van der Waals surface area contributed by atoms with Gasteiger partial charge in [-0.15, -0.1) is 10.2 Å². The summed E-state index contributed by atoms with van der Waals surface area (Å²) in [6, 6.07) is 4.21. The van der Waals surface area contributed by atoms with Crippen LogP contribution in [-0.4, -0.2) is 26.4 Å². The second-order valence-electron chi connectivity index (χ2n) is 5.86. The van der Waals surface area contributed by atoms with E-state index in [1.807, 2.05) is 12.1 Å². The Labute approximate surface area is 132 Å². The van der Waals surface area contributed by atoms with Gasteiger partial charge in [0.05, 0.1) is 18.6 Å². The summed E-state index contributed by atoms with van der Waals surface area (Å²) in [6.45, 7) is 0.426. The molecule has 22 heavy (non-hydrogen) atoms. The van der Waals surface area contributed by atoms with Gasteiger partial charge in [0, 0.05) is 12.0 Å². The van der Waals surface area contributed by atoms with Gasteiger partial charge in [0.25, 0.3) is 0 Å². The summed E-state index contributed by atoms with van der Waals surface area (Å²) in [5.74, 6) is 2.82. The maximum absolute atomic E-state index is 11.9. The van der Waals surface area contributed by atoms with Gasteiger partial charge in [-0.1, -0.05) is 11.8 Å². The predicted molar refractivity (Wildman–Crippen MR) is 81.5 cm³/mol. The third-order valence-electron chi connectivity index (χ3n) is 3.92. The molecule has 2 fully saturated rings. The highest BCUT2D eigenvalue weighted by atomic mass is 32.2. The minimum absolute atomic E-state index is 0.0141. The highest BCUT2D eigenvalue weighted by Gasteiger charge is 2.36. The number of hydrogen-bond acceptors (Lipinski definition) is 5. The third-order valence-corrected chi connectivity index (χ3v) is 4.86. The van der Waals surface area contributed by atoms with E-state index in [9.17, 15) is 4.79 Å². The molecule has 2 aromatic rings. The van der Waals surface area contributed by atoms with Crippen molar-refractivity contribution in [1.82, 2.24) is 20.1 Å². The summed E-state index contributed by atoms with van der Waals surface area (Å²) in [7, 11) is 0. The van der Waals surface area contributed by atoms with Gasteiger partial charge in [-0.3, -0.25) is 4.79 Å². The zero-order valence-electron chi connectivity index (χ0n) is 12.2. The highest BCUT2D eigenvalue weighted by Crippen LogP contribution is 2.45. The second-order valence-corrected chi connectivity index (χ2v) is 6.80. The summed E-state index contributed by atoms with van der Waals surface area (Å²) >= 11 is 1.47. The van der Waals surface area contributed by atoms with E-state index in [1.165, 1.54) is 37.4 Å². The molecule has 2 aliphatic rings. The normalized spacial score (nSPS) is 17.6. The fraction of sp³-hybridized carbons (Fsp3) is 0.533. The number of hydrogen-bond donors (Lipinski definition) is 1. The molecular weight excluding hydrogens is 300 g/mol. The molecule has 0 saturated heterocycles. The molecule has 2 aliphatic carbocycles. The number of rotatable bonds is 7. The molecule has 2 heterocycles. The van der Waals surface area contributed by atoms with Crippen molar-refractivity contribution in [2.45, 2.75) is 49.3 Å². The molecule has 1 N–H and O–H groups in total. The lowest BCUT2D eigenvalue weighted by molar-refractivity contribution is -0.118. The number of amides is 1. The first-order valence-electron chi connectivity index (χ1n) is 7.68. The van der Waals surface area contributed by atoms with E-state index in [0.717, 1.165) is 16.7 Å². The van der Waals surface area contributed by atoms with Gasteiger partial charge >= 0.3 is 0 Å². The number of nitrogens with one attached hydrogen (secondary N) is 1. The van der Waals surface area contributed by atoms with Gasteiger partial charge in [0.15, 0.2) is 5.16 Å². The maximum atomic E-state index is 11.9. The Kier molecular flexibility index (Phi) is 3.65. The van der Waals surface area contributed by atoms with Crippen LogP contribution >= 0.6 is 11.8 Å². The lowest BCUT2D eigenvalue weighted by atomic mass is 10.4. The Morgan fingerprint density at radius 2 is 2.23 bits per heavy atom. The number of nitrogens with zero attached hydrogens (tertiary/aromatic N) is 3. The van der Waals surface area contributed by atoms with Crippen LogP contribution in [-0.2, 0) is 11.3 Å². The average Bonchev–Trinajstić information content (AvgIpc) is 3.45. The SMILES string of the molecule is O=C(CSc1nnc(C2CC2)n1C1CC1)NCc1ccco1. The fourth-order valence-corrected chi connectivity index (χ4v) is 3.31. The van der Waals surface area contributed by atoms with Gasteiger partial charge in [0.2, 0.25) is 5.91 Å². The largest absolute Gasteiger partial charge is 0.467 e. The van der Waals surface area contributed by atoms with Crippen LogP contribution < -0.4 is 5.32 Å². The molecule has 0 aromatic carbocycles. The van der Waals surface area contributed by atoms with Crippen molar-refractivity contribution in [2.24, 2.45) is 0 Å². The molecule has 0 unspecified atom stereocenters. The Morgan fingerprint density at radius 3 is 2.91 bits per heavy atom. The van der Waals surface area contributed by atoms with E-state index in [4.69, 9.17) is 4.42 Å². The first kappa shape index (κ1) is 13.9. The van der Waals surface area contributed by atoms with Crippen LogP contribution in [0, 0.1) is 0 Å². The molecule has 0 bridgehead atoms. The van der Waals surface area contributed by atoms with E-state index in [0.29, 0.717) is 24.3 Å². The summed E-state index contributed by atoms with van der Waals surface area (Å²) < 4.78 is 7.46. The average molecular weight is 318 g/mol. The van der Waals surface area contributed by atoms with Crippen molar-refractivity contribution in [2.75, 3.05) is 5.75 Å². The number of thioether (sulfide) groups is 1. The molecular formula is C15H18N4O2S. The number of aromatic nitrogens is 3. The second kappa shape index (κ2) is 5.79. The van der Waals surface area contributed by atoms with Crippen LogP contribution in [0.5, 0.6) is 0 Å². The fourth-order valence-electron chi connectivity index (χ4n) is 2.46. The van der Waals surface area contributed by atoms with E-state index >= 15 is 0 Å². The molecule has 0 radical (unpaired) electrons. The molecule has 2 saturated carbocycles. The van der Waals surface area contributed by atoms with E-state index in [2.05, 4.69) is 20.1 Å². The lowest BCUT2D eigenvalue weighted by Crippen LogP contribution is -2.24. The van der Waals surface area contributed by atoms with Crippen LogP contribution in [0.15, 0.2) is 28.0 Å². The molecule has 6 nitrogen and oxygen atoms in total. The van der Waals surface area contributed by atoms with Gasteiger partial charge in [-0.2, -0.15) is 0 Å². The first-order chi connectivity index (χ1) is 10.8. The molecule has 7 heteroatoms. The topological polar surface area (TPSA) is 73.0 Å². The van der Waals surface area contributed by atoms with Crippen molar-refractivity contribution in [3.63, 3.8) is 0 Å². The molecule has 0 aliphatic heterocycles. The van der Waals surface area contributed by atoms with Gasteiger partial charge < -0.3 is 14.3 Å². The van der Waals surface area contributed by atoms with Crippen molar-refractivity contribution in [3.05, 3.63) is 30.0 Å². The number of furan rings is 1. The summed E-state index contributed by atoms with van der Waals surface area (Å²) in [4.78, 5) is 11.9. The zero-order chi connectivity index (χ0) is 14.9. The lowest BCUT2D eigenvalue weighted by Gasteiger charge is -2.08. The number of carbonyl (C=O) groups is 1. The Hall–Kier alpha value is -1.76. The minimum atomic E-state index is -0.0141. The quantitative estimate of drug-likeness (QED) is 0.794. The minimum Gasteiger partial charge on any atom is -0.467 e. The van der Waals surface area contributed by atoms with E-state index < -0.39 is 0 Å². The van der Waals surface area contributed by atoms with Gasteiger partial charge in [-0.25, -0.2) is 0 Å². The van der Waals surface area contributed by atoms with Gasteiger partial charge in [0.1, 0.15) is 11.6 Å². The van der Waals surface area contributed by atoms with Crippen LogP contribution in [0.25, 0.3) is 0 Å². The molecule has 4 rings (SSSR count). The molecule has 116 valence electrons. The van der Waals surface area contributed by atoms with E-state index in [-0.39, 0.29) is 5.91 Å². The van der Waals surface area contributed by atoms with Crippen LogP contribution in [0.2, 0.25) is 0 Å². The standard InChI is InChI=1S/C15H18N4O2S/c20-13(16-8-12-2-1-7-21-12)9-22-15-18-17-14(10-3-4-10)19(15)11-5-6-11/h1-2,7,10-11H,3-6,8-9H2,(H,16,20). The first-order valence-corrected chi connectivity index (χ1v) is 8.66. The predicted octanol–water partition coefficient (Wildman–Crippen LogP) is 2.49. The Bertz CT molecular complexity index is 659. The maximum Gasteiger partial charge on any atom is 0.230 e. The summed E-state index contributed by atoms with van der Waals surface area (Å²) in [6.07, 6.45) is 6.46. The van der Waals surface area contributed by atoms with Crippen molar-refractivity contribution >= 4 is 17.7 Å². The molecule has 2 aromatic heterocycles. The molecule has 0 spiro atoms. The van der Waals surface area contributed by atoms with Crippen molar-refractivity contribution in [3.8, 4) is 0 Å². The van der Waals surface area contributed by atoms with Crippen LogP contribution in [0.1, 0.15) is 49.2 Å². The molecule has 1 amide bonds. The number of carbonyl (C=O) groups excluding carboxylic acids is 1. The van der Waals surface area contributed by atoms with Gasteiger partial charge in [-0.05, 0) is 37.8 Å². The third kappa shape index (κ3) is 3.04. The Morgan fingerprint density at radius 1 is 1.36 bits per heavy atom. The molecule has 0 atom stereocenters. The smallest absolute Gasteiger partial charge is 0.230 e. The zero-order valence-corrected chi connectivity index (χ0v) is 13.0. The monoisotopic (exact) mass is 318 g/mol. The van der Waals surface area contributed by atoms with Crippen molar-refractivity contribution in [1.29, 1.82) is 0 Å². The van der Waals surface area contributed by atoms with Crippen LogP contribution in [0.3, 0.4) is 0 Å². The highest BCUT2D eigenvalue weighted by molar-refractivity contribution is 7.99. The summed E-state index contributed by atoms with van der Waals surface area (Å²) in [5, 5.41) is 12.4.